The maximum absolute atomic E-state index is 6.09. The summed E-state index contributed by atoms with van der Waals surface area (Å²) in [4.78, 5) is 12.1. The molecule has 106 valence electrons. The van der Waals surface area contributed by atoms with E-state index in [1.54, 1.807) is 0 Å². The van der Waals surface area contributed by atoms with Gasteiger partial charge in [-0.3, -0.25) is 0 Å². The molecule has 1 atom stereocenters. The van der Waals surface area contributed by atoms with Crippen molar-refractivity contribution < 1.29 is 9.47 Å². The third-order valence-corrected chi connectivity index (χ3v) is 2.67. The second kappa shape index (κ2) is 6.67. The molecule has 7 heteroatoms. The Bertz CT molecular complexity index is 527. The molecule has 7 nitrogen and oxygen atoms in total. The lowest BCUT2D eigenvalue weighted by Crippen LogP contribution is -2.21. The third kappa shape index (κ3) is 3.55. The van der Waals surface area contributed by atoms with E-state index in [4.69, 9.17) is 15.2 Å². The maximum atomic E-state index is 6.09. The van der Waals surface area contributed by atoms with Gasteiger partial charge in [0.1, 0.15) is 0 Å². The van der Waals surface area contributed by atoms with Gasteiger partial charge in [-0.15, -0.1) is 4.98 Å². The van der Waals surface area contributed by atoms with Gasteiger partial charge in [0.15, 0.2) is 0 Å². The number of benzene rings is 1. The van der Waals surface area contributed by atoms with Gasteiger partial charge in [-0.2, -0.15) is 9.97 Å². The first-order chi connectivity index (χ1) is 9.72. The molecule has 20 heavy (non-hydrogen) atoms. The van der Waals surface area contributed by atoms with Gasteiger partial charge in [-0.05, 0) is 5.56 Å². The Kier molecular flexibility index (Phi) is 4.67. The van der Waals surface area contributed by atoms with Crippen LogP contribution in [0.5, 0.6) is 12.0 Å². The van der Waals surface area contributed by atoms with E-state index in [-0.39, 0.29) is 18.1 Å². The van der Waals surface area contributed by atoms with E-state index < -0.39 is 0 Å². The van der Waals surface area contributed by atoms with Crippen molar-refractivity contribution >= 4 is 5.95 Å². The molecule has 0 radical (unpaired) electrons. The summed E-state index contributed by atoms with van der Waals surface area (Å²) < 4.78 is 9.95. The van der Waals surface area contributed by atoms with Crippen LogP contribution < -0.4 is 20.5 Å². The van der Waals surface area contributed by atoms with E-state index in [9.17, 15) is 0 Å². The van der Waals surface area contributed by atoms with E-state index in [1.165, 1.54) is 14.2 Å². The molecule has 0 bridgehead atoms. The minimum absolute atomic E-state index is 0.162. The average Bonchev–Trinajstić information content (AvgIpc) is 2.53. The molecule has 3 N–H and O–H groups in total. The average molecular weight is 275 g/mol. The Labute approximate surface area is 117 Å². The molecule has 0 aliphatic heterocycles. The highest BCUT2D eigenvalue weighted by Crippen LogP contribution is 2.14. The quantitative estimate of drug-likeness (QED) is 0.812. The fourth-order valence-corrected chi connectivity index (χ4v) is 1.62. The van der Waals surface area contributed by atoms with Crippen LogP contribution in [0.1, 0.15) is 11.6 Å². The van der Waals surface area contributed by atoms with Crippen LogP contribution in [0.15, 0.2) is 30.3 Å². The van der Waals surface area contributed by atoms with Crippen LogP contribution in [0.2, 0.25) is 0 Å². The first kappa shape index (κ1) is 14.0. The molecule has 1 aromatic heterocycles. The second-order valence-electron chi connectivity index (χ2n) is 4.03. The van der Waals surface area contributed by atoms with Crippen LogP contribution in [-0.2, 0) is 0 Å². The maximum Gasteiger partial charge on any atom is 0.324 e. The van der Waals surface area contributed by atoms with Gasteiger partial charge in [0.05, 0.1) is 14.2 Å². The highest BCUT2D eigenvalue weighted by molar-refractivity contribution is 5.29. The zero-order valence-corrected chi connectivity index (χ0v) is 11.4. The lowest BCUT2D eigenvalue weighted by atomic mass is 10.1. The molecule has 1 aromatic carbocycles. The molecule has 0 spiro atoms. The van der Waals surface area contributed by atoms with Crippen LogP contribution in [0.4, 0.5) is 5.95 Å². The minimum Gasteiger partial charge on any atom is -0.467 e. The van der Waals surface area contributed by atoms with Crippen molar-refractivity contribution in [3.8, 4) is 12.0 Å². The highest BCUT2D eigenvalue weighted by Gasteiger charge is 2.09. The summed E-state index contributed by atoms with van der Waals surface area (Å²) in [5.41, 5.74) is 7.12. The Morgan fingerprint density at radius 1 is 1.05 bits per heavy atom. The molecule has 1 heterocycles. The number of aromatic nitrogens is 3. The lowest BCUT2D eigenvalue weighted by molar-refractivity contribution is 0.341. The monoisotopic (exact) mass is 275 g/mol. The fourth-order valence-electron chi connectivity index (χ4n) is 1.62. The molecule has 2 rings (SSSR count). The smallest absolute Gasteiger partial charge is 0.324 e. The fraction of sp³-hybridized carbons (Fsp3) is 0.308. The number of nitrogens with one attached hydrogen (secondary N) is 1. The van der Waals surface area contributed by atoms with Gasteiger partial charge in [-0.1, -0.05) is 30.3 Å². The van der Waals surface area contributed by atoms with Crippen molar-refractivity contribution in [2.75, 3.05) is 26.1 Å². The van der Waals surface area contributed by atoms with Gasteiger partial charge < -0.3 is 20.5 Å². The number of hydrogen-bond acceptors (Lipinski definition) is 7. The molecule has 2 aromatic rings. The van der Waals surface area contributed by atoms with Gasteiger partial charge in [0, 0.05) is 12.6 Å². The van der Waals surface area contributed by atoms with Crippen LogP contribution in [0.25, 0.3) is 0 Å². The summed E-state index contributed by atoms with van der Waals surface area (Å²) in [5.74, 6) is 0.361. The first-order valence-electron chi connectivity index (χ1n) is 6.11. The predicted molar refractivity (Wildman–Crippen MR) is 74.8 cm³/mol. The van der Waals surface area contributed by atoms with Gasteiger partial charge in [0.25, 0.3) is 0 Å². The molecule has 0 aliphatic rings. The third-order valence-electron chi connectivity index (χ3n) is 2.67. The number of ether oxygens (including phenoxy) is 2. The van der Waals surface area contributed by atoms with Crippen LogP contribution in [0.3, 0.4) is 0 Å². The molecule has 0 amide bonds. The first-order valence-corrected chi connectivity index (χ1v) is 6.11. The SMILES string of the molecule is COc1nc(NCC(N)c2ccccc2)nc(OC)n1. The summed E-state index contributed by atoms with van der Waals surface area (Å²) in [6, 6.07) is 10.0. The van der Waals surface area contributed by atoms with Gasteiger partial charge in [0.2, 0.25) is 5.95 Å². The zero-order valence-electron chi connectivity index (χ0n) is 11.4. The summed E-state index contributed by atoms with van der Waals surface area (Å²) in [6.45, 7) is 0.486. The molecule has 0 saturated heterocycles. The van der Waals surface area contributed by atoms with Crippen molar-refractivity contribution in [2.45, 2.75) is 6.04 Å². The van der Waals surface area contributed by atoms with Crippen molar-refractivity contribution in [2.24, 2.45) is 5.73 Å². The largest absolute Gasteiger partial charge is 0.467 e. The minimum atomic E-state index is -0.162. The Morgan fingerprint density at radius 2 is 1.65 bits per heavy atom. The van der Waals surface area contributed by atoms with Crippen molar-refractivity contribution in [3.63, 3.8) is 0 Å². The van der Waals surface area contributed by atoms with Gasteiger partial charge >= 0.3 is 12.0 Å². The van der Waals surface area contributed by atoms with Crippen molar-refractivity contribution in [1.29, 1.82) is 0 Å². The van der Waals surface area contributed by atoms with E-state index in [0.717, 1.165) is 5.56 Å². The Hall–Kier alpha value is -2.41. The molecular formula is C13H17N5O2. The summed E-state index contributed by atoms with van der Waals surface area (Å²) in [5, 5.41) is 3.05. The molecule has 1 unspecified atom stereocenters. The lowest BCUT2D eigenvalue weighted by Gasteiger charge is -2.13. The van der Waals surface area contributed by atoms with Crippen molar-refractivity contribution in [1.82, 2.24) is 15.0 Å². The predicted octanol–water partition coefficient (Wildman–Crippen LogP) is 1.00. The summed E-state index contributed by atoms with van der Waals surface area (Å²) >= 11 is 0. The highest BCUT2D eigenvalue weighted by atomic mass is 16.5. The molecule has 0 saturated carbocycles. The summed E-state index contributed by atoms with van der Waals surface area (Å²) in [6.07, 6.45) is 0. The van der Waals surface area contributed by atoms with Crippen LogP contribution in [-0.4, -0.2) is 35.7 Å². The number of nitrogens with two attached hydrogens (primary N) is 1. The molecule has 0 aliphatic carbocycles. The second-order valence-corrected chi connectivity index (χ2v) is 4.03. The molecule has 0 fully saturated rings. The summed E-state index contributed by atoms with van der Waals surface area (Å²) in [7, 11) is 2.96. The van der Waals surface area contributed by atoms with Crippen LogP contribution >= 0.6 is 0 Å². The number of anilines is 1. The van der Waals surface area contributed by atoms with E-state index >= 15 is 0 Å². The standard InChI is InChI=1S/C13H17N5O2/c1-19-12-16-11(17-13(18-12)20-2)15-8-10(14)9-6-4-3-5-7-9/h3-7,10H,8,14H2,1-2H3,(H,15,16,17,18). The number of hydrogen-bond donors (Lipinski definition) is 2. The van der Waals surface area contributed by atoms with Gasteiger partial charge in [-0.25, -0.2) is 0 Å². The number of methoxy groups -OCH3 is 2. The van der Waals surface area contributed by atoms with Crippen molar-refractivity contribution in [3.05, 3.63) is 35.9 Å². The van der Waals surface area contributed by atoms with E-state index in [1.807, 2.05) is 30.3 Å². The number of nitrogens with zero attached hydrogens (tertiary/aromatic N) is 3. The van der Waals surface area contributed by atoms with E-state index in [2.05, 4.69) is 20.3 Å². The van der Waals surface area contributed by atoms with Crippen LogP contribution in [0, 0.1) is 0 Å². The Balaban J connectivity index is 2.03. The Morgan fingerprint density at radius 3 is 2.20 bits per heavy atom. The zero-order chi connectivity index (χ0) is 14.4. The number of rotatable bonds is 6. The van der Waals surface area contributed by atoms with E-state index in [0.29, 0.717) is 12.5 Å². The molecular weight excluding hydrogens is 258 g/mol. The topological polar surface area (TPSA) is 95.2 Å². The normalized spacial score (nSPS) is 11.8.